The number of fused-ring (bicyclic) bond motifs is 3. The molecule has 4 amide bonds. The first kappa shape index (κ1) is 54.6. The van der Waals surface area contributed by atoms with E-state index in [-0.39, 0.29) is 54.6 Å². The molecule has 8 atom stereocenters. The van der Waals surface area contributed by atoms with Crippen molar-refractivity contribution >= 4 is 47.0 Å². The summed E-state index contributed by atoms with van der Waals surface area (Å²) in [6, 6.07) is 23.3. The molecule has 0 saturated carbocycles. The topological polar surface area (TPSA) is 156 Å². The van der Waals surface area contributed by atoms with Crippen LogP contribution in [0.3, 0.4) is 0 Å². The summed E-state index contributed by atoms with van der Waals surface area (Å²) in [5.41, 5.74) is 3.93. The molecule has 5 rings (SSSR count). The molecule has 2 N–H and O–H groups in total. The van der Waals surface area contributed by atoms with Crippen LogP contribution in [0, 0.1) is 17.8 Å². The van der Waals surface area contributed by atoms with E-state index in [1.807, 2.05) is 106 Å². The average molecular weight is 970 g/mol. The molecule has 3 aromatic rings. The fourth-order valence-corrected chi connectivity index (χ4v) is 10.2. The summed E-state index contributed by atoms with van der Waals surface area (Å²) in [5, 5.41) is 6.21. The number of likely N-dealkylation sites (tertiary alicyclic amines) is 1. The van der Waals surface area contributed by atoms with Crippen molar-refractivity contribution in [3.8, 4) is 11.1 Å². The van der Waals surface area contributed by atoms with Gasteiger partial charge in [0, 0.05) is 53.1 Å². The van der Waals surface area contributed by atoms with Gasteiger partial charge in [-0.1, -0.05) is 132 Å². The molecule has 14 nitrogen and oxygen atoms in total. The van der Waals surface area contributed by atoms with E-state index in [1.165, 1.54) is 19.1 Å². The Hall–Kier alpha value is -5.38. The van der Waals surface area contributed by atoms with Crippen LogP contribution in [0.2, 0.25) is 0 Å². The normalized spacial score (nSPS) is 17.6. The van der Waals surface area contributed by atoms with Gasteiger partial charge in [-0.25, -0.2) is 9.59 Å². The second kappa shape index (κ2) is 24.4. The van der Waals surface area contributed by atoms with E-state index in [1.54, 1.807) is 40.0 Å². The first-order chi connectivity index (χ1) is 32.8. The van der Waals surface area contributed by atoms with Crippen LogP contribution >= 0.6 is 12.2 Å². The molecular weight excluding hydrogens is 895 g/mol. The largest absolute Gasteiger partial charge is 0.467 e. The number of hydrogen-bond acceptors (Lipinski definition) is 10. The molecule has 15 heteroatoms. The van der Waals surface area contributed by atoms with E-state index < -0.39 is 53.8 Å². The lowest BCUT2D eigenvalue weighted by atomic mass is 9.89. The van der Waals surface area contributed by atoms with Gasteiger partial charge in [0.05, 0.1) is 42.8 Å². The summed E-state index contributed by atoms with van der Waals surface area (Å²) in [5.74, 6) is -2.39. The smallest absolute Gasteiger partial charge is 0.410 e. The average Bonchev–Trinajstić information content (AvgIpc) is 3.97. The van der Waals surface area contributed by atoms with Gasteiger partial charge >= 0.3 is 12.1 Å². The van der Waals surface area contributed by atoms with Gasteiger partial charge in [-0.05, 0) is 66.3 Å². The van der Waals surface area contributed by atoms with Gasteiger partial charge in [-0.3, -0.25) is 19.3 Å². The van der Waals surface area contributed by atoms with Crippen LogP contribution in [0.25, 0.3) is 11.1 Å². The number of ether oxygens (including phenoxy) is 4. The van der Waals surface area contributed by atoms with Crippen molar-refractivity contribution < 1.29 is 42.9 Å². The first-order valence-electron chi connectivity index (χ1n) is 24.3. The van der Waals surface area contributed by atoms with E-state index in [0.717, 1.165) is 34.2 Å². The summed E-state index contributed by atoms with van der Waals surface area (Å²) in [7, 11) is 7.72. The first-order valence-corrected chi connectivity index (χ1v) is 24.7. The molecule has 3 aromatic carbocycles. The Morgan fingerprint density at radius 1 is 0.841 bits per heavy atom. The Kier molecular flexibility index (Phi) is 19.3. The monoisotopic (exact) mass is 970 g/mol. The van der Waals surface area contributed by atoms with Crippen molar-refractivity contribution in [2.45, 2.75) is 128 Å². The molecule has 1 saturated heterocycles. The fraction of sp³-hybridized carbons (Fsp3) is 0.556. The van der Waals surface area contributed by atoms with Gasteiger partial charge in [0.15, 0.2) is 0 Å². The van der Waals surface area contributed by atoms with Crippen molar-refractivity contribution in [1.29, 1.82) is 0 Å². The predicted molar refractivity (Wildman–Crippen MR) is 271 cm³/mol. The standard InChI is InChI=1S/C54H75N5O9S/c1-13-34(4)47(44(65-10)31-45(60)59-29-21-28-43(59)48(66-11)35(5)49(69)55-42(51(62)67-12)30-36-22-15-14-16-23-36)57(8)50(61)46(33(2)3)56-52(63)54(6,7)58(9)53(64)68-32-41-39-26-19-17-24-37(39)38-25-18-20-27-40(38)41/h14-20,22-27,33-35,41-44,46-48H,13,21,28-32H2,1-12H3,(H,55,69)(H,56,63)/t34-,35+,42-,43-,44+,46-,47-,48+/m0/s1. The SMILES string of the molecule is CC[C@H](C)[C@@H]([C@@H](CC(=O)N1CCC[C@H]1[C@H](OC)[C@@H](C)C(=S)N[C@@H](Cc1ccccc1)C(=O)OC)OC)N(C)C(=O)[C@@H](NC(=O)C(C)(C)N(C)C(=O)OCC1c2ccccc2-c2ccccc21)C(C)C. The maximum atomic E-state index is 14.7. The Morgan fingerprint density at radius 3 is 1.99 bits per heavy atom. The van der Waals surface area contributed by atoms with E-state index in [9.17, 15) is 24.0 Å². The van der Waals surface area contributed by atoms with E-state index in [2.05, 4.69) is 22.8 Å². The maximum Gasteiger partial charge on any atom is 0.410 e. The molecule has 0 spiro atoms. The second-order valence-corrected chi connectivity index (χ2v) is 19.9. The minimum absolute atomic E-state index is 0.00863. The highest BCUT2D eigenvalue weighted by molar-refractivity contribution is 7.80. The number of benzene rings is 3. The lowest BCUT2D eigenvalue weighted by molar-refractivity contribution is -0.147. The zero-order valence-corrected chi connectivity index (χ0v) is 43.5. The van der Waals surface area contributed by atoms with Gasteiger partial charge in [-0.2, -0.15) is 0 Å². The summed E-state index contributed by atoms with van der Waals surface area (Å²) in [6.07, 6.45) is 0.664. The number of rotatable bonds is 22. The van der Waals surface area contributed by atoms with Crippen molar-refractivity contribution in [3.63, 3.8) is 0 Å². The fourth-order valence-electron chi connectivity index (χ4n) is 9.92. The molecule has 376 valence electrons. The van der Waals surface area contributed by atoms with Crippen LogP contribution in [-0.4, -0.2) is 140 Å². The Labute approximate surface area is 415 Å². The molecule has 0 radical (unpaired) electrons. The molecule has 2 aliphatic rings. The zero-order valence-electron chi connectivity index (χ0n) is 42.7. The molecule has 1 aliphatic heterocycles. The van der Waals surface area contributed by atoms with Crippen molar-refractivity contribution in [1.82, 2.24) is 25.3 Å². The number of thiocarbonyl (C=S) groups is 1. The van der Waals surface area contributed by atoms with Crippen LogP contribution in [0.5, 0.6) is 0 Å². The number of nitrogens with one attached hydrogen (secondary N) is 2. The van der Waals surface area contributed by atoms with E-state index in [0.29, 0.717) is 30.8 Å². The minimum atomic E-state index is -1.40. The summed E-state index contributed by atoms with van der Waals surface area (Å²) in [4.78, 5) is 75.0. The van der Waals surface area contributed by atoms with Crippen LogP contribution < -0.4 is 10.6 Å². The predicted octanol–water partition coefficient (Wildman–Crippen LogP) is 7.41. The summed E-state index contributed by atoms with van der Waals surface area (Å²) >= 11 is 5.89. The van der Waals surface area contributed by atoms with E-state index >= 15 is 0 Å². The van der Waals surface area contributed by atoms with Crippen molar-refractivity contribution in [2.75, 3.05) is 48.6 Å². The third-order valence-electron chi connectivity index (χ3n) is 14.6. The number of esters is 1. The number of likely N-dealkylation sites (N-methyl/N-ethyl adjacent to an activating group) is 2. The van der Waals surface area contributed by atoms with Crippen LogP contribution in [-0.2, 0) is 44.5 Å². The molecule has 69 heavy (non-hydrogen) atoms. The molecule has 1 aliphatic carbocycles. The number of carbonyl (C=O) groups excluding carboxylic acids is 5. The van der Waals surface area contributed by atoms with Gasteiger partial charge in [0.25, 0.3) is 0 Å². The van der Waals surface area contributed by atoms with Crippen molar-refractivity contribution in [2.24, 2.45) is 17.8 Å². The highest BCUT2D eigenvalue weighted by Crippen LogP contribution is 2.44. The highest BCUT2D eigenvalue weighted by atomic mass is 32.1. The van der Waals surface area contributed by atoms with Gasteiger partial charge in [0.1, 0.15) is 24.2 Å². The van der Waals surface area contributed by atoms with Gasteiger partial charge < -0.3 is 39.4 Å². The van der Waals surface area contributed by atoms with Crippen molar-refractivity contribution in [3.05, 3.63) is 95.6 Å². The number of nitrogens with zero attached hydrogens (tertiary/aromatic N) is 3. The van der Waals surface area contributed by atoms with E-state index in [4.69, 9.17) is 31.2 Å². The van der Waals surface area contributed by atoms with Crippen LogP contribution in [0.15, 0.2) is 78.9 Å². The third kappa shape index (κ3) is 12.5. The number of amides is 4. The Bertz CT molecular complexity index is 2210. The molecular formula is C54H75N5O9S. The zero-order chi connectivity index (χ0) is 50.7. The van der Waals surface area contributed by atoms with Crippen LogP contribution in [0.1, 0.15) is 96.8 Å². The minimum Gasteiger partial charge on any atom is -0.467 e. The highest BCUT2D eigenvalue weighted by Gasteiger charge is 2.44. The van der Waals surface area contributed by atoms with Gasteiger partial charge in [-0.15, -0.1) is 0 Å². The molecule has 0 unspecified atom stereocenters. The molecule has 0 bridgehead atoms. The molecule has 1 fully saturated rings. The summed E-state index contributed by atoms with van der Waals surface area (Å²) in [6.45, 7) is 13.5. The number of carbonyl (C=O) groups is 5. The second-order valence-electron chi connectivity index (χ2n) is 19.5. The lowest BCUT2D eigenvalue weighted by Gasteiger charge is -2.41. The number of methoxy groups -OCH3 is 3. The number of hydrogen-bond donors (Lipinski definition) is 2. The third-order valence-corrected chi connectivity index (χ3v) is 15.1. The molecule has 1 heterocycles. The lowest BCUT2D eigenvalue weighted by Crippen LogP contribution is -2.62. The van der Waals surface area contributed by atoms with Crippen LogP contribution in [0.4, 0.5) is 4.79 Å². The quantitative estimate of drug-likeness (QED) is 0.0764. The Balaban J connectivity index is 1.25. The summed E-state index contributed by atoms with van der Waals surface area (Å²) < 4.78 is 23.2. The maximum absolute atomic E-state index is 14.7. The van der Waals surface area contributed by atoms with Gasteiger partial charge in [0.2, 0.25) is 17.7 Å². The Morgan fingerprint density at radius 2 is 1.43 bits per heavy atom. The molecule has 0 aromatic heterocycles.